The number of carboxylic acids is 1. The Hall–Kier alpha value is -2.62. The zero-order valence-electron chi connectivity index (χ0n) is 10.1. The van der Waals surface area contributed by atoms with E-state index in [-0.39, 0.29) is 23.6 Å². The second-order valence-electron chi connectivity index (χ2n) is 4.04. The number of para-hydroxylation sites is 1. The van der Waals surface area contributed by atoms with Crippen molar-refractivity contribution in [2.75, 3.05) is 5.32 Å². The number of benzene rings is 2. The van der Waals surface area contributed by atoms with E-state index < -0.39 is 5.97 Å². The van der Waals surface area contributed by atoms with E-state index in [0.29, 0.717) is 0 Å². The van der Waals surface area contributed by atoms with Gasteiger partial charge in [-0.3, -0.25) is 4.79 Å². The monoisotopic (exact) mass is 254 g/mol. The van der Waals surface area contributed by atoms with Crippen LogP contribution in [0.3, 0.4) is 0 Å². The fraction of sp³-hybridized carbons (Fsp3) is 0.0667. The highest BCUT2D eigenvalue weighted by Crippen LogP contribution is 2.14. The van der Waals surface area contributed by atoms with Gasteiger partial charge in [-0.25, -0.2) is 0 Å². The lowest BCUT2D eigenvalue weighted by Crippen LogP contribution is -2.25. The van der Waals surface area contributed by atoms with Crippen LogP contribution in [-0.2, 0) is 11.2 Å². The predicted molar refractivity (Wildman–Crippen MR) is 69.5 cm³/mol. The van der Waals surface area contributed by atoms with E-state index in [1.165, 1.54) is 12.1 Å². The molecule has 0 unspecified atom stereocenters. The summed E-state index contributed by atoms with van der Waals surface area (Å²) in [5.74, 6) is -1.57. The average molecular weight is 254 g/mol. The van der Waals surface area contributed by atoms with Crippen LogP contribution >= 0.6 is 0 Å². The second-order valence-corrected chi connectivity index (χ2v) is 4.04. The Morgan fingerprint density at radius 3 is 2.26 bits per heavy atom. The number of nitrogens with one attached hydrogen (secondary N) is 1. The van der Waals surface area contributed by atoms with Crippen LogP contribution in [0.5, 0.6) is 0 Å². The van der Waals surface area contributed by atoms with Gasteiger partial charge >= 0.3 is 0 Å². The van der Waals surface area contributed by atoms with Gasteiger partial charge in [0.1, 0.15) is 0 Å². The third-order valence-electron chi connectivity index (χ3n) is 2.63. The van der Waals surface area contributed by atoms with Gasteiger partial charge in [-0.1, -0.05) is 48.5 Å². The minimum atomic E-state index is -1.31. The normalized spacial score (nSPS) is 9.89. The maximum Gasteiger partial charge on any atom is 0.228 e. The third kappa shape index (κ3) is 3.42. The molecule has 0 aliphatic rings. The van der Waals surface area contributed by atoms with Crippen LogP contribution < -0.4 is 10.4 Å². The van der Waals surface area contributed by atoms with E-state index in [4.69, 9.17) is 0 Å². The number of carboxylic acid groups (broad SMARTS) is 1. The molecule has 19 heavy (non-hydrogen) atoms. The number of carbonyl (C=O) groups excluding carboxylic acids is 2. The first-order valence-corrected chi connectivity index (χ1v) is 5.81. The molecule has 0 aliphatic carbocycles. The van der Waals surface area contributed by atoms with Gasteiger partial charge in [0.2, 0.25) is 5.91 Å². The first kappa shape index (κ1) is 12.8. The van der Waals surface area contributed by atoms with Gasteiger partial charge in [0, 0.05) is 11.3 Å². The van der Waals surface area contributed by atoms with Gasteiger partial charge in [0.05, 0.1) is 12.4 Å². The molecule has 0 heterocycles. The minimum absolute atomic E-state index is 0.0242. The zero-order valence-corrected chi connectivity index (χ0v) is 10.1. The van der Waals surface area contributed by atoms with E-state index in [9.17, 15) is 14.7 Å². The number of hydrogen-bond donors (Lipinski definition) is 1. The summed E-state index contributed by atoms with van der Waals surface area (Å²) in [6.45, 7) is 0. The Labute approximate surface area is 110 Å². The standard InChI is InChI=1S/C15H13NO3/c17-14(10-11-6-2-1-3-7-11)16-13-9-5-4-8-12(13)15(18)19/h1-9H,10H2,(H,16,17)(H,18,19)/p-1. The lowest BCUT2D eigenvalue weighted by atomic mass is 10.1. The van der Waals surface area contributed by atoms with Crippen LogP contribution in [0.15, 0.2) is 54.6 Å². The van der Waals surface area contributed by atoms with Gasteiger partial charge < -0.3 is 15.2 Å². The summed E-state index contributed by atoms with van der Waals surface area (Å²) in [4.78, 5) is 22.7. The molecule has 1 amide bonds. The molecule has 0 spiro atoms. The van der Waals surface area contributed by atoms with Crippen molar-refractivity contribution in [3.63, 3.8) is 0 Å². The molecule has 0 bridgehead atoms. The second kappa shape index (κ2) is 5.82. The van der Waals surface area contributed by atoms with Crippen LogP contribution in [0.4, 0.5) is 5.69 Å². The van der Waals surface area contributed by atoms with Crippen LogP contribution in [0.25, 0.3) is 0 Å². The number of anilines is 1. The van der Waals surface area contributed by atoms with Crippen molar-refractivity contribution in [2.45, 2.75) is 6.42 Å². The third-order valence-corrected chi connectivity index (χ3v) is 2.63. The number of rotatable bonds is 4. The molecule has 2 rings (SSSR count). The molecular weight excluding hydrogens is 242 g/mol. The lowest BCUT2D eigenvalue weighted by Gasteiger charge is -2.11. The molecular formula is C15H12NO3-. The van der Waals surface area contributed by atoms with Gasteiger partial charge in [0.25, 0.3) is 0 Å². The molecule has 0 fully saturated rings. The molecule has 0 atom stereocenters. The summed E-state index contributed by atoms with van der Waals surface area (Å²) < 4.78 is 0. The summed E-state index contributed by atoms with van der Waals surface area (Å²) in [7, 11) is 0. The van der Waals surface area contributed by atoms with Crippen molar-refractivity contribution in [1.29, 1.82) is 0 Å². The molecule has 0 aliphatic heterocycles. The summed E-state index contributed by atoms with van der Waals surface area (Å²) >= 11 is 0. The summed E-state index contributed by atoms with van der Waals surface area (Å²) in [5.41, 5.74) is 1.10. The molecule has 2 aromatic carbocycles. The van der Waals surface area contributed by atoms with Crippen molar-refractivity contribution < 1.29 is 14.7 Å². The van der Waals surface area contributed by atoms with E-state index in [1.807, 2.05) is 30.3 Å². The Morgan fingerprint density at radius 1 is 0.947 bits per heavy atom. The van der Waals surface area contributed by atoms with Crippen molar-refractivity contribution in [2.24, 2.45) is 0 Å². The van der Waals surface area contributed by atoms with Crippen molar-refractivity contribution >= 4 is 17.6 Å². The summed E-state index contributed by atoms with van der Waals surface area (Å²) in [6.07, 6.45) is 0.197. The number of hydrogen-bond acceptors (Lipinski definition) is 3. The zero-order chi connectivity index (χ0) is 13.7. The van der Waals surface area contributed by atoms with E-state index in [1.54, 1.807) is 12.1 Å². The Bertz CT molecular complexity index is 593. The van der Waals surface area contributed by atoms with E-state index >= 15 is 0 Å². The lowest BCUT2D eigenvalue weighted by molar-refractivity contribution is -0.254. The molecule has 4 nitrogen and oxygen atoms in total. The van der Waals surface area contributed by atoms with Crippen molar-refractivity contribution in [3.8, 4) is 0 Å². The van der Waals surface area contributed by atoms with Gasteiger partial charge in [0.15, 0.2) is 0 Å². The van der Waals surface area contributed by atoms with Gasteiger partial charge in [-0.2, -0.15) is 0 Å². The molecule has 0 aromatic heterocycles. The summed E-state index contributed by atoms with van der Waals surface area (Å²) in [6, 6.07) is 15.4. The van der Waals surface area contributed by atoms with Gasteiger partial charge in [-0.05, 0) is 11.6 Å². The molecule has 0 radical (unpaired) electrons. The first-order chi connectivity index (χ1) is 9.16. The Morgan fingerprint density at radius 2 is 1.58 bits per heavy atom. The molecule has 4 heteroatoms. The fourth-order valence-electron chi connectivity index (χ4n) is 1.75. The molecule has 96 valence electrons. The maximum absolute atomic E-state index is 11.8. The SMILES string of the molecule is O=C(Cc1ccccc1)Nc1ccccc1C(=O)[O-]. The van der Waals surface area contributed by atoms with E-state index in [2.05, 4.69) is 5.32 Å². The quantitative estimate of drug-likeness (QED) is 0.892. The molecule has 1 N–H and O–H groups in total. The fourth-order valence-corrected chi connectivity index (χ4v) is 1.75. The van der Waals surface area contributed by atoms with Crippen LogP contribution in [0.1, 0.15) is 15.9 Å². The summed E-state index contributed by atoms with van der Waals surface area (Å²) in [5, 5.41) is 13.5. The smallest absolute Gasteiger partial charge is 0.228 e. The first-order valence-electron chi connectivity index (χ1n) is 5.81. The molecule has 0 saturated heterocycles. The van der Waals surface area contributed by atoms with Gasteiger partial charge in [-0.15, -0.1) is 0 Å². The largest absolute Gasteiger partial charge is 0.545 e. The number of amides is 1. The highest BCUT2D eigenvalue weighted by Gasteiger charge is 2.07. The Kier molecular flexibility index (Phi) is 3.93. The number of aromatic carboxylic acids is 1. The average Bonchev–Trinajstić information content (AvgIpc) is 2.40. The maximum atomic E-state index is 11.8. The minimum Gasteiger partial charge on any atom is -0.545 e. The van der Waals surface area contributed by atoms with Crippen molar-refractivity contribution in [1.82, 2.24) is 0 Å². The molecule has 0 saturated carbocycles. The Balaban J connectivity index is 2.09. The highest BCUT2D eigenvalue weighted by atomic mass is 16.4. The van der Waals surface area contributed by atoms with Crippen molar-refractivity contribution in [3.05, 3.63) is 65.7 Å². The topological polar surface area (TPSA) is 69.2 Å². The van der Waals surface area contributed by atoms with Crippen LogP contribution in [0.2, 0.25) is 0 Å². The highest BCUT2D eigenvalue weighted by molar-refractivity contribution is 6.00. The van der Waals surface area contributed by atoms with Crippen LogP contribution in [0, 0.1) is 0 Å². The van der Waals surface area contributed by atoms with Crippen LogP contribution in [-0.4, -0.2) is 11.9 Å². The predicted octanol–water partition coefficient (Wildman–Crippen LogP) is 1.23. The number of carbonyl (C=O) groups is 2. The van der Waals surface area contributed by atoms with E-state index in [0.717, 1.165) is 5.56 Å². The molecule has 2 aromatic rings.